The van der Waals surface area contributed by atoms with Crippen molar-refractivity contribution in [1.82, 2.24) is 0 Å². The number of carbonyl (C=O) groups excluding carboxylic acids is 1. The Morgan fingerprint density at radius 3 is 2.05 bits per heavy atom. The Kier molecular flexibility index (Phi) is 3.49. The number of rotatable bonds is 3. The molecule has 0 amide bonds. The molecule has 3 aromatic carbocycles. The minimum absolute atomic E-state index is 0.0581. The first kappa shape index (κ1) is 14.4. The van der Waals surface area contributed by atoms with Gasteiger partial charge in [-0.25, -0.2) is 0 Å². The van der Waals surface area contributed by atoms with Crippen molar-refractivity contribution in [3.63, 3.8) is 0 Å². The molecule has 22 heavy (non-hydrogen) atoms. The van der Waals surface area contributed by atoms with Crippen molar-refractivity contribution in [2.24, 2.45) is 0 Å². The number of ketones is 1. The Hall–Kier alpha value is -2.55. The topological polar surface area (TPSA) is 17.1 Å². The summed E-state index contributed by atoms with van der Waals surface area (Å²) in [5.41, 5.74) is 1.97. The van der Waals surface area contributed by atoms with Gasteiger partial charge in [0.1, 0.15) is 0 Å². The zero-order valence-electron chi connectivity index (χ0n) is 12.0. The van der Waals surface area contributed by atoms with Crippen LogP contribution in [0.3, 0.4) is 0 Å². The Bertz CT molecular complexity index is 833. The molecule has 0 bridgehead atoms. The fourth-order valence-electron chi connectivity index (χ4n) is 2.60. The van der Waals surface area contributed by atoms with Gasteiger partial charge in [-0.1, -0.05) is 60.7 Å². The highest BCUT2D eigenvalue weighted by Crippen LogP contribution is 2.33. The van der Waals surface area contributed by atoms with E-state index < -0.39 is 11.7 Å². The van der Waals surface area contributed by atoms with Crippen molar-refractivity contribution in [3.8, 4) is 11.1 Å². The van der Waals surface area contributed by atoms with Crippen LogP contribution in [0.1, 0.15) is 17.3 Å². The maximum atomic E-state index is 13.4. The Labute approximate surface area is 127 Å². The molecule has 110 valence electrons. The lowest BCUT2D eigenvalue weighted by atomic mass is 9.92. The minimum Gasteiger partial charge on any atom is -0.287 e. The summed E-state index contributed by atoms with van der Waals surface area (Å²) in [7, 11) is 0. The largest absolute Gasteiger partial charge is 0.307 e. The summed E-state index contributed by atoms with van der Waals surface area (Å²) in [5.74, 6) is -4.53. The second-order valence-corrected chi connectivity index (χ2v) is 5.29. The minimum atomic E-state index is -3.38. The van der Waals surface area contributed by atoms with E-state index in [1.807, 2.05) is 42.5 Å². The molecule has 0 heterocycles. The highest BCUT2D eigenvalue weighted by atomic mass is 19.3. The van der Waals surface area contributed by atoms with Gasteiger partial charge in [0.05, 0.1) is 0 Å². The quantitative estimate of drug-likeness (QED) is 0.596. The number of benzene rings is 3. The molecule has 0 N–H and O–H groups in total. The van der Waals surface area contributed by atoms with Gasteiger partial charge in [0, 0.05) is 12.5 Å². The van der Waals surface area contributed by atoms with Gasteiger partial charge in [0.25, 0.3) is 0 Å². The highest BCUT2D eigenvalue weighted by molar-refractivity contribution is 6.13. The van der Waals surface area contributed by atoms with Gasteiger partial charge in [-0.05, 0) is 28.0 Å². The van der Waals surface area contributed by atoms with Crippen LogP contribution in [0.5, 0.6) is 0 Å². The maximum absolute atomic E-state index is 13.4. The highest BCUT2D eigenvalue weighted by Gasteiger charge is 2.34. The molecule has 0 atom stereocenters. The number of fused-ring (bicyclic) bond motifs is 1. The summed E-state index contributed by atoms with van der Waals surface area (Å²) in [6, 6.07) is 20.0. The molecule has 0 spiro atoms. The standard InChI is InChI=1S/C19H14F2O/c1-19(20,21)18(22)17-12-11-14(13-7-3-2-4-8-13)15-9-5-6-10-16(15)17/h2-12H,1H3. The van der Waals surface area contributed by atoms with E-state index in [0.717, 1.165) is 16.5 Å². The Morgan fingerprint density at radius 2 is 1.41 bits per heavy atom. The molecular formula is C19H14F2O. The van der Waals surface area contributed by atoms with E-state index in [4.69, 9.17) is 0 Å². The number of halogens is 2. The summed E-state index contributed by atoms with van der Waals surface area (Å²) < 4.78 is 26.8. The van der Waals surface area contributed by atoms with Crippen molar-refractivity contribution in [2.75, 3.05) is 0 Å². The van der Waals surface area contributed by atoms with Crippen LogP contribution in [0.2, 0.25) is 0 Å². The molecule has 1 nitrogen and oxygen atoms in total. The summed E-state index contributed by atoms with van der Waals surface area (Å²) in [6.45, 7) is 0.634. The Morgan fingerprint density at radius 1 is 0.818 bits per heavy atom. The smallest absolute Gasteiger partial charge is 0.287 e. The summed E-state index contributed by atoms with van der Waals surface area (Å²) in [4.78, 5) is 12.0. The first-order valence-electron chi connectivity index (χ1n) is 6.98. The van der Waals surface area contributed by atoms with Crippen LogP contribution < -0.4 is 0 Å². The molecule has 0 fully saturated rings. The molecule has 0 aliphatic rings. The zero-order valence-corrected chi connectivity index (χ0v) is 12.0. The summed E-state index contributed by atoms with van der Waals surface area (Å²) in [5, 5.41) is 1.35. The van der Waals surface area contributed by atoms with E-state index in [1.165, 1.54) is 6.07 Å². The molecule has 3 heteroatoms. The van der Waals surface area contributed by atoms with Gasteiger partial charge in [-0.15, -0.1) is 0 Å². The van der Waals surface area contributed by atoms with Crippen molar-refractivity contribution < 1.29 is 13.6 Å². The number of alkyl halides is 2. The van der Waals surface area contributed by atoms with Crippen LogP contribution in [-0.2, 0) is 0 Å². The predicted molar refractivity (Wildman–Crippen MR) is 84.3 cm³/mol. The molecule has 0 aliphatic heterocycles. The first-order chi connectivity index (χ1) is 10.5. The number of hydrogen-bond acceptors (Lipinski definition) is 1. The number of hydrogen-bond donors (Lipinski definition) is 0. The fraction of sp³-hybridized carbons (Fsp3) is 0.105. The van der Waals surface area contributed by atoms with E-state index in [0.29, 0.717) is 12.3 Å². The monoisotopic (exact) mass is 296 g/mol. The van der Waals surface area contributed by atoms with E-state index in [-0.39, 0.29) is 5.56 Å². The van der Waals surface area contributed by atoms with Crippen molar-refractivity contribution in [1.29, 1.82) is 0 Å². The van der Waals surface area contributed by atoms with Crippen molar-refractivity contribution in [3.05, 3.63) is 72.3 Å². The van der Waals surface area contributed by atoms with Gasteiger partial charge < -0.3 is 0 Å². The molecule has 0 saturated heterocycles. The second kappa shape index (κ2) is 5.34. The number of Topliss-reactive ketones (excluding diaryl/α,β-unsaturated/α-hetero) is 1. The van der Waals surface area contributed by atoms with Gasteiger partial charge >= 0.3 is 5.92 Å². The lowest BCUT2D eigenvalue weighted by Crippen LogP contribution is -2.24. The first-order valence-corrected chi connectivity index (χ1v) is 6.98. The zero-order chi connectivity index (χ0) is 15.7. The van der Waals surface area contributed by atoms with Crippen LogP contribution >= 0.6 is 0 Å². The molecular weight excluding hydrogens is 282 g/mol. The van der Waals surface area contributed by atoms with Gasteiger partial charge in [0.15, 0.2) is 0 Å². The van der Waals surface area contributed by atoms with Crippen LogP contribution in [0, 0.1) is 0 Å². The average Bonchev–Trinajstić information content (AvgIpc) is 2.53. The lowest BCUT2D eigenvalue weighted by molar-refractivity contribution is 0.0223. The summed E-state index contributed by atoms with van der Waals surface area (Å²) >= 11 is 0. The van der Waals surface area contributed by atoms with Crippen molar-refractivity contribution >= 4 is 16.6 Å². The van der Waals surface area contributed by atoms with Gasteiger partial charge in [-0.3, -0.25) is 4.79 Å². The van der Waals surface area contributed by atoms with Crippen LogP contribution in [-0.4, -0.2) is 11.7 Å². The average molecular weight is 296 g/mol. The second-order valence-electron chi connectivity index (χ2n) is 5.29. The van der Waals surface area contributed by atoms with Gasteiger partial charge in [0.2, 0.25) is 5.78 Å². The molecule has 0 radical (unpaired) electrons. The van der Waals surface area contributed by atoms with E-state index >= 15 is 0 Å². The van der Waals surface area contributed by atoms with Gasteiger partial charge in [-0.2, -0.15) is 8.78 Å². The third-order valence-electron chi connectivity index (χ3n) is 3.65. The third kappa shape index (κ3) is 2.50. The van der Waals surface area contributed by atoms with Crippen LogP contribution in [0.25, 0.3) is 21.9 Å². The molecule has 3 aromatic rings. The van der Waals surface area contributed by atoms with Crippen molar-refractivity contribution in [2.45, 2.75) is 12.8 Å². The maximum Gasteiger partial charge on any atom is 0.307 e. The molecule has 0 aromatic heterocycles. The van der Waals surface area contributed by atoms with E-state index in [1.54, 1.807) is 18.2 Å². The molecule has 0 saturated carbocycles. The van der Waals surface area contributed by atoms with Crippen LogP contribution in [0.15, 0.2) is 66.7 Å². The predicted octanol–water partition coefficient (Wildman–Crippen LogP) is 5.34. The number of carbonyl (C=O) groups is 1. The SMILES string of the molecule is CC(F)(F)C(=O)c1ccc(-c2ccccc2)c2ccccc12. The third-order valence-corrected chi connectivity index (χ3v) is 3.65. The summed E-state index contributed by atoms with van der Waals surface area (Å²) in [6.07, 6.45) is 0. The molecule has 3 rings (SSSR count). The fourth-order valence-corrected chi connectivity index (χ4v) is 2.60. The van der Waals surface area contributed by atoms with E-state index in [2.05, 4.69) is 0 Å². The lowest BCUT2D eigenvalue weighted by Gasteiger charge is -2.14. The van der Waals surface area contributed by atoms with E-state index in [9.17, 15) is 13.6 Å². The Balaban J connectivity index is 2.27. The molecule has 0 unspecified atom stereocenters. The normalized spacial score (nSPS) is 11.6. The van der Waals surface area contributed by atoms with Crippen LogP contribution in [0.4, 0.5) is 8.78 Å². The molecule has 0 aliphatic carbocycles.